The largest absolute Gasteiger partial charge is 0.456 e. The van der Waals surface area contributed by atoms with E-state index in [1.807, 2.05) is 18.2 Å². The van der Waals surface area contributed by atoms with Gasteiger partial charge in [-0.25, -0.2) is 0 Å². The van der Waals surface area contributed by atoms with Crippen LogP contribution in [0, 0.1) is 0 Å². The van der Waals surface area contributed by atoms with Gasteiger partial charge in [-0.05, 0) is 113 Å². The molecule has 0 amide bonds. The summed E-state index contributed by atoms with van der Waals surface area (Å²) in [7, 11) is 0. The summed E-state index contributed by atoms with van der Waals surface area (Å²) >= 11 is 0. The van der Waals surface area contributed by atoms with Crippen LogP contribution in [-0.4, -0.2) is 0 Å². The van der Waals surface area contributed by atoms with Gasteiger partial charge in [0.25, 0.3) is 0 Å². The van der Waals surface area contributed by atoms with E-state index in [1.165, 1.54) is 54.9 Å². The molecule has 1 aliphatic carbocycles. The van der Waals surface area contributed by atoms with Gasteiger partial charge in [0.15, 0.2) is 0 Å². The van der Waals surface area contributed by atoms with E-state index < -0.39 is 0 Å². The molecule has 1 heterocycles. The van der Waals surface area contributed by atoms with Crippen molar-refractivity contribution in [3.8, 4) is 33.4 Å². The molecule has 0 radical (unpaired) electrons. The zero-order valence-corrected chi connectivity index (χ0v) is 33.7. The first-order valence-electron chi connectivity index (χ1n) is 20.9. The smallest absolute Gasteiger partial charge is 0.136 e. The zero-order chi connectivity index (χ0) is 40.4. The van der Waals surface area contributed by atoms with Gasteiger partial charge in [-0.2, -0.15) is 0 Å². The lowest BCUT2D eigenvalue weighted by Crippen LogP contribution is -2.31. The molecule has 11 rings (SSSR count). The van der Waals surface area contributed by atoms with Crippen LogP contribution in [0.25, 0.3) is 82.9 Å². The van der Waals surface area contributed by atoms with Gasteiger partial charge in [-0.3, -0.25) is 5.32 Å². The average Bonchev–Trinajstić information content (AvgIpc) is 3.79. The molecule has 0 bridgehead atoms. The summed E-state index contributed by atoms with van der Waals surface area (Å²) in [5.41, 5.74) is 22.0. The van der Waals surface area contributed by atoms with Gasteiger partial charge in [-0.1, -0.05) is 184 Å². The Labute approximate surface area is 350 Å². The Balaban J connectivity index is 0.962. The summed E-state index contributed by atoms with van der Waals surface area (Å²) in [5.74, 6) is 0. The minimum Gasteiger partial charge on any atom is -0.456 e. The zero-order valence-electron chi connectivity index (χ0n) is 33.7. The SMILES string of the molecule is CC1(C)c2cc3ccccc3cc2-c2c(-c3cccc(/C=C/C(NC(N)c4ccccc4)c4ccc(-c5cccc6oc7ccc8ccccc8c7c56)cc4)c3)cccc21. The Hall–Kier alpha value is -7.04. The standard InChI is InChI=1S/C57H44N2O/c1-57(2)48-23-11-21-46(53(48)47-34-41-17-6-7-18-42(41)35-49(47)57)43-19-10-13-36(33-43)25-31-50(59-56(58)40-15-4-3-5-16-40)39-28-26-38(27-29-39)45-22-12-24-51-54(45)55-44-20-9-8-14-37(44)30-32-52(55)60-51/h3-35,50,56,59H,58H2,1-2H3/b31-25+. The van der Waals surface area contributed by atoms with Crippen LogP contribution in [0.2, 0.25) is 0 Å². The Kier molecular flexibility index (Phi) is 8.63. The van der Waals surface area contributed by atoms with Crippen LogP contribution < -0.4 is 11.1 Å². The lowest BCUT2D eigenvalue weighted by atomic mass is 9.81. The summed E-state index contributed by atoms with van der Waals surface area (Å²) in [4.78, 5) is 0. The second kappa shape index (κ2) is 14.4. The lowest BCUT2D eigenvalue weighted by molar-refractivity contribution is 0.509. The number of nitrogens with two attached hydrogens (primary N) is 1. The molecule has 3 nitrogen and oxygen atoms in total. The van der Waals surface area contributed by atoms with Gasteiger partial charge >= 0.3 is 0 Å². The maximum absolute atomic E-state index is 6.86. The normalized spacial score (nSPS) is 14.2. The summed E-state index contributed by atoms with van der Waals surface area (Å²) in [6, 6.07) is 67.3. The van der Waals surface area contributed by atoms with E-state index in [-0.39, 0.29) is 17.6 Å². The molecular formula is C57H44N2O. The number of benzene rings is 9. The first-order valence-corrected chi connectivity index (χ1v) is 20.9. The predicted octanol–water partition coefficient (Wildman–Crippen LogP) is 14.5. The number of nitrogens with one attached hydrogen (secondary N) is 1. The molecule has 1 aliphatic rings. The second-order valence-electron chi connectivity index (χ2n) is 16.7. The third-order valence-corrected chi connectivity index (χ3v) is 12.7. The molecule has 3 N–H and O–H groups in total. The van der Waals surface area contributed by atoms with Crippen LogP contribution in [0.4, 0.5) is 0 Å². The highest BCUT2D eigenvalue weighted by Gasteiger charge is 2.37. The van der Waals surface area contributed by atoms with Gasteiger partial charge in [0.1, 0.15) is 11.2 Å². The van der Waals surface area contributed by atoms with Gasteiger partial charge in [0.2, 0.25) is 0 Å². The van der Waals surface area contributed by atoms with Crippen LogP contribution in [0.3, 0.4) is 0 Å². The first-order chi connectivity index (χ1) is 29.4. The van der Waals surface area contributed by atoms with E-state index in [2.05, 4.69) is 201 Å². The monoisotopic (exact) mass is 772 g/mol. The van der Waals surface area contributed by atoms with Crippen molar-refractivity contribution >= 4 is 49.6 Å². The highest BCUT2D eigenvalue weighted by atomic mass is 16.3. The van der Waals surface area contributed by atoms with Gasteiger partial charge < -0.3 is 10.2 Å². The average molecular weight is 773 g/mol. The number of rotatable bonds is 8. The van der Waals surface area contributed by atoms with Crippen molar-refractivity contribution in [3.05, 3.63) is 222 Å². The minimum absolute atomic E-state index is 0.0959. The van der Waals surface area contributed by atoms with Crippen molar-refractivity contribution in [1.29, 1.82) is 0 Å². The number of hydrogen-bond acceptors (Lipinski definition) is 3. The molecule has 3 heteroatoms. The highest BCUT2D eigenvalue weighted by molar-refractivity contribution is 6.22. The number of furan rings is 1. The fraction of sp³-hybridized carbons (Fsp3) is 0.0877. The third kappa shape index (κ3) is 6.05. The molecule has 0 spiro atoms. The third-order valence-electron chi connectivity index (χ3n) is 12.7. The Bertz CT molecular complexity index is 3280. The van der Waals surface area contributed by atoms with Crippen molar-refractivity contribution in [2.24, 2.45) is 5.73 Å². The molecule has 0 fully saturated rings. The molecule has 60 heavy (non-hydrogen) atoms. The van der Waals surface area contributed by atoms with Crippen molar-refractivity contribution in [3.63, 3.8) is 0 Å². The summed E-state index contributed by atoms with van der Waals surface area (Å²) in [6.45, 7) is 4.72. The van der Waals surface area contributed by atoms with Crippen LogP contribution in [-0.2, 0) is 5.41 Å². The highest BCUT2D eigenvalue weighted by Crippen LogP contribution is 2.53. The van der Waals surface area contributed by atoms with Crippen molar-refractivity contribution < 1.29 is 4.42 Å². The van der Waals surface area contributed by atoms with Gasteiger partial charge in [0.05, 0.1) is 12.2 Å². The van der Waals surface area contributed by atoms with Crippen molar-refractivity contribution in [1.82, 2.24) is 5.32 Å². The predicted molar refractivity (Wildman–Crippen MR) is 252 cm³/mol. The fourth-order valence-corrected chi connectivity index (χ4v) is 9.64. The lowest BCUT2D eigenvalue weighted by Gasteiger charge is -2.22. The second-order valence-corrected chi connectivity index (χ2v) is 16.7. The molecular weight excluding hydrogens is 729 g/mol. The van der Waals surface area contributed by atoms with E-state index in [9.17, 15) is 0 Å². The molecule has 0 saturated heterocycles. The van der Waals surface area contributed by atoms with E-state index in [0.29, 0.717) is 0 Å². The summed E-state index contributed by atoms with van der Waals surface area (Å²) in [6.07, 6.45) is 4.11. The van der Waals surface area contributed by atoms with Crippen molar-refractivity contribution in [2.75, 3.05) is 0 Å². The van der Waals surface area contributed by atoms with Crippen LogP contribution in [0.15, 0.2) is 199 Å². The van der Waals surface area contributed by atoms with E-state index in [0.717, 1.165) is 49.8 Å². The summed E-state index contributed by atoms with van der Waals surface area (Å²) in [5, 5.41) is 11.0. The Morgan fingerprint density at radius 2 is 1.22 bits per heavy atom. The molecule has 9 aromatic carbocycles. The molecule has 2 atom stereocenters. The molecule has 10 aromatic rings. The first kappa shape index (κ1) is 36.1. The minimum atomic E-state index is -0.363. The van der Waals surface area contributed by atoms with Crippen LogP contribution in [0.5, 0.6) is 0 Å². The quantitative estimate of drug-likeness (QED) is 0.151. The number of hydrogen-bond donors (Lipinski definition) is 2. The molecule has 1 aromatic heterocycles. The van der Waals surface area contributed by atoms with Gasteiger partial charge in [0, 0.05) is 16.2 Å². The molecule has 288 valence electrons. The Morgan fingerprint density at radius 3 is 2.05 bits per heavy atom. The van der Waals surface area contributed by atoms with E-state index >= 15 is 0 Å². The topological polar surface area (TPSA) is 51.2 Å². The van der Waals surface area contributed by atoms with E-state index in [1.54, 1.807) is 0 Å². The maximum Gasteiger partial charge on any atom is 0.136 e. The van der Waals surface area contributed by atoms with Crippen LogP contribution >= 0.6 is 0 Å². The molecule has 2 unspecified atom stereocenters. The van der Waals surface area contributed by atoms with Crippen LogP contribution in [0.1, 0.15) is 53.9 Å². The fourth-order valence-electron chi connectivity index (χ4n) is 9.64. The molecule has 0 aliphatic heterocycles. The number of fused-ring (bicyclic) bond motifs is 9. The van der Waals surface area contributed by atoms with Gasteiger partial charge in [-0.15, -0.1) is 0 Å². The Morgan fingerprint density at radius 1 is 0.517 bits per heavy atom. The van der Waals surface area contributed by atoms with Crippen molar-refractivity contribution in [2.45, 2.75) is 31.5 Å². The maximum atomic E-state index is 6.86. The molecule has 0 saturated carbocycles. The van der Waals surface area contributed by atoms with E-state index in [4.69, 9.17) is 10.2 Å². The summed E-state index contributed by atoms with van der Waals surface area (Å²) < 4.78 is 6.41.